The SMILES string of the molecule is CS(=O)(=O)N1CCCC(CC(O)c2cccc(C#N)c2)C1. The van der Waals surface area contributed by atoms with Gasteiger partial charge in [0.25, 0.3) is 0 Å². The first-order chi connectivity index (χ1) is 9.90. The molecular weight excluding hydrogens is 288 g/mol. The van der Waals surface area contributed by atoms with E-state index in [1.165, 1.54) is 10.6 Å². The summed E-state index contributed by atoms with van der Waals surface area (Å²) in [5.41, 5.74) is 1.23. The Morgan fingerprint density at radius 3 is 2.95 bits per heavy atom. The fourth-order valence-electron chi connectivity index (χ4n) is 2.79. The van der Waals surface area contributed by atoms with Gasteiger partial charge in [0, 0.05) is 13.1 Å². The molecule has 2 rings (SSSR count). The summed E-state index contributed by atoms with van der Waals surface area (Å²) in [5.74, 6) is 0.147. The highest BCUT2D eigenvalue weighted by molar-refractivity contribution is 7.88. The van der Waals surface area contributed by atoms with E-state index >= 15 is 0 Å². The van der Waals surface area contributed by atoms with Gasteiger partial charge >= 0.3 is 0 Å². The zero-order valence-electron chi connectivity index (χ0n) is 12.1. The Morgan fingerprint density at radius 2 is 2.29 bits per heavy atom. The molecule has 114 valence electrons. The molecule has 0 aromatic heterocycles. The average molecular weight is 308 g/mol. The monoisotopic (exact) mass is 308 g/mol. The molecule has 0 radical (unpaired) electrons. The second-order valence-electron chi connectivity index (χ2n) is 5.62. The lowest BCUT2D eigenvalue weighted by atomic mass is 9.90. The maximum Gasteiger partial charge on any atom is 0.211 e. The average Bonchev–Trinajstić information content (AvgIpc) is 2.46. The summed E-state index contributed by atoms with van der Waals surface area (Å²) < 4.78 is 24.7. The van der Waals surface area contributed by atoms with Crippen molar-refractivity contribution in [2.75, 3.05) is 19.3 Å². The predicted octanol–water partition coefficient (Wildman–Crippen LogP) is 1.65. The Balaban J connectivity index is 2.02. The molecule has 1 aromatic carbocycles. The third-order valence-corrected chi connectivity index (χ3v) is 5.18. The minimum Gasteiger partial charge on any atom is -0.388 e. The Kier molecular flexibility index (Phi) is 4.99. The smallest absolute Gasteiger partial charge is 0.211 e. The van der Waals surface area contributed by atoms with Gasteiger partial charge in [0.05, 0.1) is 24.0 Å². The summed E-state index contributed by atoms with van der Waals surface area (Å²) in [6.07, 6.45) is 2.81. The summed E-state index contributed by atoms with van der Waals surface area (Å²) in [5, 5.41) is 19.2. The van der Waals surface area contributed by atoms with Gasteiger partial charge in [-0.15, -0.1) is 0 Å². The molecule has 6 heteroatoms. The van der Waals surface area contributed by atoms with Crippen molar-refractivity contribution in [1.29, 1.82) is 5.26 Å². The lowest BCUT2D eigenvalue weighted by molar-refractivity contribution is 0.123. The van der Waals surface area contributed by atoms with Crippen LogP contribution in [-0.4, -0.2) is 37.2 Å². The van der Waals surface area contributed by atoms with Crippen molar-refractivity contribution < 1.29 is 13.5 Å². The van der Waals surface area contributed by atoms with Crippen molar-refractivity contribution in [3.05, 3.63) is 35.4 Å². The van der Waals surface area contributed by atoms with E-state index in [-0.39, 0.29) is 5.92 Å². The third-order valence-electron chi connectivity index (χ3n) is 3.91. The molecule has 5 nitrogen and oxygen atoms in total. The van der Waals surface area contributed by atoms with E-state index in [1.807, 2.05) is 0 Å². The Morgan fingerprint density at radius 1 is 1.52 bits per heavy atom. The van der Waals surface area contributed by atoms with E-state index in [9.17, 15) is 13.5 Å². The lowest BCUT2D eigenvalue weighted by Crippen LogP contribution is -2.39. The largest absolute Gasteiger partial charge is 0.388 e. The van der Waals surface area contributed by atoms with Gasteiger partial charge in [0.1, 0.15) is 0 Å². The van der Waals surface area contributed by atoms with Crippen molar-refractivity contribution in [2.45, 2.75) is 25.4 Å². The molecule has 0 amide bonds. The second kappa shape index (κ2) is 6.56. The topological polar surface area (TPSA) is 81.4 Å². The number of rotatable bonds is 4. The maximum absolute atomic E-state index is 11.6. The molecule has 0 saturated carbocycles. The van der Waals surface area contributed by atoms with Gasteiger partial charge in [-0.2, -0.15) is 5.26 Å². The summed E-state index contributed by atoms with van der Waals surface area (Å²) in [6.45, 7) is 1.03. The first kappa shape index (κ1) is 16.0. The van der Waals surface area contributed by atoms with Gasteiger partial charge in [-0.25, -0.2) is 12.7 Å². The highest BCUT2D eigenvalue weighted by Gasteiger charge is 2.27. The zero-order chi connectivity index (χ0) is 15.5. The molecule has 0 spiro atoms. The van der Waals surface area contributed by atoms with Gasteiger partial charge in [0.15, 0.2) is 0 Å². The minimum absolute atomic E-state index is 0.147. The van der Waals surface area contributed by atoms with Gasteiger partial charge in [-0.1, -0.05) is 12.1 Å². The molecule has 0 bridgehead atoms. The number of piperidine rings is 1. The molecule has 1 fully saturated rings. The van der Waals surface area contributed by atoms with Crippen LogP contribution in [0.2, 0.25) is 0 Å². The fraction of sp³-hybridized carbons (Fsp3) is 0.533. The molecule has 2 atom stereocenters. The summed E-state index contributed by atoms with van der Waals surface area (Å²) in [4.78, 5) is 0. The molecule has 1 aliphatic heterocycles. The number of nitrogens with zero attached hydrogens (tertiary/aromatic N) is 2. The molecule has 1 N–H and O–H groups in total. The van der Waals surface area contributed by atoms with Crippen LogP contribution < -0.4 is 0 Å². The Bertz CT molecular complexity index is 637. The highest BCUT2D eigenvalue weighted by atomic mass is 32.2. The van der Waals surface area contributed by atoms with Crippen LogP contribution in [0.3, 0.4) is 0 Å². The highest BCUT2D eigenvalue weighted by Crippen LogP contribution is 2.28. The van der Waals surface area contributed by atoms with Crippen LogP contribution in [0, 0.1) is 17.2 Å². The van der Waals surface area contributed by atoms with E-state index in [1.54, 1.807) is 24.3 Å². The molecule has 1 aromatic rings. The van der Waals surface area contributed by atoms with Gasteiger partial charge in [-0.3, -0.25) is 0 Å². The minimum atomic E-state index is -3.16. The quantitative estimate of drug-likeness (QED) is 0.917. The van der Waals surface area contributed by atoms with Crippen LogP contribution in [0.1, 0.15) is 36.5 Å². The predicted molar refractivity (Wildman–Crippen MR) is 79.9 cm³/mol. The van der Waals surface area contributed by atoms with E-state index < -0.39 is 16.1 Å². The molecule has 1 aliphatic rings. The van der Waals surface area contributed by atoms with Crippen LogP contribution in [0.15, 0.2) is 24.3 Å². The van der Waals surface area contributed by atoms with Crippen molar-refractivity contribution in [3.63, 3.8) is 0 Å². The molecule has 21 heavy (non-hydrogen) atoms. The second-order valence-corrected chi connectivity index (χ2v) is 7.60. The van der Waals surface area contributed by atoms with Gasteiger partial charge < -0.3 is 5.11 Å². The number of benzene rings is 1. The van der Waals surface area contributed by atoms with E-state index in [0.29, 0.717) is 30.6 Å². The standard InChI is InChI=1S/C15H20N2O3S/c1-21(19,20)17-7-3-5-13(11-17)9-15(18)14-6-2-4-12(8-14)10-16/h2,4,6,8,13,15,18H,3,5,7,9,11H2,1H3. The number of nitriles is 1. The van der Waals surface area contributed by atoms with E-state index in [0.717, 1.165) is 12.8 Å². The maximum atomic E-state index is 11.6. The van der Waals surface area contributed by atoms with Crippen molar-refractivity contribution in [1.82, 2.24) is 4.31 Å². The van der Waals surface area contributed by atoms with Crippen LogP contribution in [0.4, 0.5) is 0 Å². The summed E-state index contributed by atoms with van der Waals surface area (Å²) in [7, 11) is -3.16. The molecule has 0 aliphatic carbocycles. The number of hydrogen-bond donors (Lipinski definition) is 1. The van der Waals surface area contributed by atoms with Crippen LogP contribution in [0.25, 0.3) is 0 Å². The number of aliphatic hydroxyl groups is 1. The van der Waals surface area contributed by atoms with Crippen LogP contribution in [-0.2, 0) is 10.0 Å². The van der Waals surface area contributed by atoms with Crippen LogP contribution >= 0.6 is 0 Å². The third kappa shape index (κ3) is 4.27. The van der Waals surface area contributed by atoms with Gasteiger partial charge in [-0.05, 0) is 42.9 Å². The van der Waals surface area contributed by atoms with Gasteiger partial charge in [0.2, 0.25) is 10.0 Å². The van der Waals surface area contributed by atoms with Crippen LogP contribution in [0.5, 0.6) is 0 Å². The number of sulfonamides is 1. The lowest BCUT2D eigenvalue weighted by Gasteiger charge is -2.32. The normalized spacial score (nSPS) is 21.7. The van der Waals surface area contributed by atoms with E-state index in [4.69, 9.17) is 5.26 Å². The molecular formula is C15H20N2O3S. The molecule has 1 heterocycles. The first-order valence-electron chi connectivity index (χ1n) is 7.03. The Labute approximate surface area is 125 Å². The summed E-state index contributed by atoms with van der Waals surface area (Å²) in [6, 6.07) is 8.98. The van der Waals surface area contributed by atoms with Crippen molar-refractivity contribution in [3.8, 4) is 6.07 Å². The Hall–Kier alpha value is -1.42. The number of hydrogen-bond acceptors (Lipinski definition) is 4. The molecule has 2 unspecified atom stereocenters. The van der Waals surface area contributed by atoms with Crippen molar-refractivity contribution in [2.24, 2.45) is 5.92 Å². The van der Waals surface area contributed by atoms with E-state index in [2.05, 4.69) is 6.07 Å². The first-order valence-corrected chi connectivity index (χ1v) is 8.88. The fourth-order valence-corrected chi connectivity index (χ4v) is 3.73. The molecule has 1 saturated heterocycles. The van der Waals surface area contributed by atoms with Crippen molar-refractivity contribution >= 4 is 10.0 Å². The number of aliphatic hydroxyl groups excluding tert-OH is 1. The summed E-state index contributed by atoms with van der Waals surface area (Å²) >= 11 is 0. The zero-order valence-corrected chi connectivity index (χ0v) is 12.9.